The van der Waals surface area contributed by atoms with Gasteiger partial charge in [0, 0.05) is 28.8 Å². The van der Waals surface area contributed by atoms with Crippen LogP contribution in [0.5, 0.6) is 0 Å². The minimum Gasteiger partial charge on any atom is -0.457 e. The molecule has 0 saturated carbocycles. The summed E-state index contributed by atoms with van der Waals surface area (Å²) < 4.78 is 4.87. The molecular formula is C13H17ClN4O3S. The number of aryl methyl sites for hydroxylation is 1. The Morgan fingerprint density at radius 1 is 1.59 bits per heavy atom. The van der Waals surface area contributed by atoms with Gasteiger partial charge in [0.1, 0.15) is 11.6 Å². The van der Waals surface area contributed by atoms with Crippen LogP contribution in [-0.4, -0.2) is 33.2 Å². The van der Waals surface area contributed by atoms with E-state index in [2.05, 4.69) is 9.97 Å². The van der Waals surface area contributed by atoms with Gasteiger partial charge in [-0.3, -0.25) is 4.79 Å². The summed E-state index contributed by atoms with van der Waals surface area (Å²) in [4.78, 5) is 33.1. The van der Waals surface area contributed by atoms with E-state index in [0.717, 1.165) is 16.7 Å². The standard InChI is InChI=1S/C13H16N4O3S.ClH/c1-8(11-3-4-20-13(19)21-11)17(7-18)6-10-5-15-9(2)16-12(10)14;/h5,7H,3-4,6H2,1-2H3,(H2,14,15,16);1H/b11-8+;. The highest BCUT2D eigenvalue weighted by atomic mass is 35.5. The molecule has 0 radical (unpaired) electrons. The summed E-state index contributed by atoms with van der Waals surface area (Å²) in [7, 11) is 0. The van der Waals surface area contributed by atoms with Crippen molar-refractivity contribution in [2.24, 2.45) is 0 Å². The predicted octanol–water partition coefficient (Wildman–Crippen LogP) is 2.25. The molecule has 1 aliphatic rings. The van der Waals surface area contributed by atoms with Gasteiger partial charge in [-0.25, -0.2) is 14.8 Å². The molecule has 1 aliphatic heterocycles. The van der Waals surface area contributed by atoms with E-state index in [1.165, 1.54) is 4.90 Å². The number of amides is 1. The lowest BCUT2D eigenvalue weighted by Gasteiger charge is -2.23. The number of nitrogen functional groups attached to an aromatic ring is 1. The number of nitrogens with zero attached hydrogens (tertiary/aromatic N) is 3. The fraction of sp³-hybridized carbons (Fsp3) is 0.385. The highest BCUT2D eigenvalue weighted by Crippen LogP contribution is 2.31. The maximum absolute atomic E-state index is 11.3. The van der Waals surface area contributed by atoms with Gasteiger partial charge in [-0.05, 0) is 25.6 Å². The van der Waals surface area contributed by atoms with Gasteiger partial charge in [-0.15, -0.1) is 12.4 Å². The monoisotopic (exact) mass is 344 g/mol. The van der Waals surface area contributed by atoms with Crippen LogP contribution in [0.3, 0.4) is 0 Å². The molecule has 1 aromatic rings. The molecule has 1 aromatic heterocycles. The first-order valence-electron chi connectivity index (χ1n) is 6.35. The van der Waals surface area contributed by atoms with Gasteiger partial charge in [0.2, 0.25) is 6.41 Å². The SMILES string of the molecule is C/C(=C1/CCOC(=O)S1)N(C=O)Cc1cnc(C)nc1N.Cl. The van der Waals surface area contributed by atoms with E-state index >= 15 is 0 Å². The van der Waals surface area contributed by atoms with Crippen LogP contribution in [0.2, 0.25) is 0 Å². The van der Waals surface area contributed by atoms with Gasteiger partial charge in [0.25, 0.3) is 0 Å². The fourth-order valence-electron chi connectivity index (χ4n) is 1.88. The Morgan fingerprint density at radius 2 is 2.32 bits per heavy atom. The van der Waals surface area contributed by atoms with Gasteiger partial charge in [-0.2, -0.15) is 0 Å². The molecule has 0 bridgehead atoms. The zero-order valence-corrected chi connectivity index (χ0v) is 13.9. The average molecular weight is 345 g/mol. The van der Waals surface area contributed by atoms with Crippen LogP contribution in [0.4, 0.5) is 10.6 Å². The number of hydrogen-bond acceptors (Lipinski definition) is 7. The maximum Gasteiger partial charge on any atom is 0.371 e. The summed E-state index contributed by atoms with van der Waals surface area (Å²) in [5.74, 6) is 0.928. The Balaban J connectivity index is 0.00000242. The second-order valence-corrected chi connectivity index (χ2v) is 5.55. The summed E-state index contributed by atoms with van der Waals surface area (Å²) in [5.41, 5.74) is 7.21. The van der Waals surface area contributed by atoms with Crippen molar-refractivity contribution in [3.05, 3.63) is 28.2 Å². The zero-order chi connectivity index (χ0) is 15.4. The molecule has 22 heavy (non-hydrogen) atoms. The summed E-state index contributed by atoms with van der Waals surface area (Å²) in [5, 5.41) is -0.348. The maximum atomic E-state index is 11.3. The Bertz CT molecular complexity index is 609. The van der Waals surface area contributed by atoms with Crippen molar-refractivity contribution < 1.29 is 14.3 Å². The van der Waals surface area contributed by atoms with Gasteiger partial charge >= 0.3 is 5.30 Å². The van der Waals surface area contributed by atoms with Crippen LogP contribution in [0.1, 0.15) is 24.7 Å². The predicted molar refractivity (Wildman–Crippen MR) is 86.3 cm³/mol. The van der Waals surface area contributed by atoms with Gasteiger partial charge in [-0.1, -0.05) is 0 Å². The van der Waals surface area contributed by atoms with Crippen molar-refractivity contribution >= 4 is 41.7 Å². The number of ether oxygens (including phenoxy) is 1. The topological polar surface area (TPSA) is 98.4 Å². The number of carbonyl (C=O) groups excluding carboxylic acids is 2. The van der Waals surface area contributed by atoms with E-state index in [4.69, 9.17) is 10.5 Å². The van der Waals surface area contributed by atoms with E-state index in [1.54, 1.807) is 20.0 Å². The molecule has 2 rings (SSSR count). The molecule has 1 fully saturated rings. The fourth-order valence-corrected chi connectivity index (χ4v) is 2.67. The Kier molecular flexibility index (Phi) is 6.63. The third-order valence-electron chi connectivity index (χ3n) is 3.08. The number of halogens is 1. The summed E-state index contributed by atoms with van der Waals surface area (Å²) >= 11 is 1.01. The minimum absolute atomic E-state index is 0. The number of rotatable bonds is 4. The average Bonchev–Trinajstić information content (AvgIpc) is 2.46. The number of cyclic esters (lactones) is 1. The molecule has 9 heteroatoms. The number of thioether (sulfide) groups is 1. The van der Waals surface area contributed by atoms with E-state index < -0.39 is 0 Å². The molecular weight excluding hydrogens is 328 g/mol. The molecule has 0 atom stereocenters. The number of carbonyl (C=O) groups is 2. The molecule has 0 unspecified atom stereocenters. The van der Waals surface area contributed by atoms with E-state index in [-0.39, 0.29) is 24.3 Å². The number of aromatic nitrogens is 2. The van der Waals surface area contributed by atoms with Gasteiger partial charge in [0.15, 0.2) is 0 Å². The van der Waals surface area contributed by atoms with Crippen LogP contribution in [0.15, 0.2) is 16.8 Å². The lowest BCUT2D eigenvalue weighted by molar-refractivity contribution is -0.116. The van der Waals surface area contributed by atoms with Crippen molar-refractivity contribution in [2.75, 3.05) is 12.3 Å². The van der Waals surface area contributed by atoms with Crippen LogP contribution >= 0.6 is 24.2 Å². The first kappa shape index (κ1) is 18.2. The highest BCUT2D eigenvalue weighted by Gasteiger charge is 2.20. The molecule has 0 spiro atoms. The largest absolute Gasteiger partial charge is 0.457 e. The van der Waals surface area contributed by atoms with Crippen molar-refractivity contribution in [3.63, 3.8) is 0 Å². The highest BCUT2D eigenvalue weighted by molar-refractivity contribution is 8.16. The first-order chi connectivity index (χ1) is 10.0. The molecule has 0 aromatic carbocycles. The summed E-state index contributed by atoms with van der Waals surface area (Å²) in [6, 6.07) is 0. The summed E-state index contributed by atoms with van der Waals surface area (Å²) in [6.45, 7) is 4.14. The van der Waals surface area contributed by atoms with Crippen molar-refractivity contribution in [2.45, 2.75) is 26.8 Å². The van der Waals surface area contributed by atoms with E-state index in [1.807, 2.05) is 0 Å². The lowest BCUT2D eigenvalue weighted by atomic mass is 10.2. The molecule has 120 valence electrons. The molecule has 1 amide bonds. The molecule has 2 heterocycles. The second kappa shape index (κ2) is 8.00. The smallest absolute Gasteiger partial charge is 0.371 e. The third-order valence-corrected chi connectivity index (χ3v) is 4.11. The van der Waals surface area contributed by atoms with Crippen molar-refractivity contribution in [3.8, 4) is 0 Å². The minimum atomic E-state index is -0.348. The second-order valence-electron chi connectivity index (χ2n) is 4.52. The van der Waals surface area contributed by atoms with E-state index in [0.29, 0.717) is 42.3 Å². The number of allylic oxidation sites excluding steroid dienone is 1. The first-order valence-corrected chi connectivity index (χ1v) is 7.17. The molecule has 2 N–H and O–H groups in total. The van der Waals surface area contributed by atoms with Crippen LogP contribution in [0.25, 0.3) is 0 Å². The van der Waals surface area contributed by atoms with Gasteiger partial charge in [0.05, 0.1) is 13.2 Å². The lowest BCUT2D eigenvalue weighted by Crippen LogP contribution is -2.23. The molecule has 0 aliphatic carbocycles. The van der Waals surface area contributed by atoms with Crippen molar-refractivity contribution in [1.29, 1.82) is 0 Å². The van der Waals surface area contributed by atoms with E-state index in [9.17, 15) is 9.59 Å². The van der Waals surface area contributed by atoms with Crippen molar-refractivity contribution in [1.82, 2.24) is 14.9 Å². The quantitative estimate of drug-likeness (QED) is 0.660. The Morgan fingerprint density at radius 3 is 2.91 bits per heavy atom. The normalized spacial score (nSPS) is 16.4. The van der Waals surface area contributed by atoms with Gasteiger partial charge < -0.3 is 15.4 Å². The van der Waals surface area contributed by atoms with Crippen LogP contribution in [-0.2, 0) is 16.1 Å². The number of nitrogens with two attached hydrogens (primary N) is 1. The molecule has 1 saturated heterocycles. The number of hydrogen-bond donors (Lipinski definition) is 1. The molecule has 7 nitrogen and oxygen atoms in total. The zero-order valence-electron chi connectivity index (χ0n) is 12.2. The van der Waals surface area contributed by atoms with Crippen LogP contribution < -0.4 is 5.73 Å². The number of anilines is 1. The Hall–Kier alpha value is -1.80. The Labute approximate surface area is 138 Å². The van der Waals surface area contributed by atoms with Crippen LogP contribution in [0, 0.1) is 6.92 Å². The summed E-state index contributed by atoms with van der Waals surface area (Å²) in [6.07, 6.45) is 2.92. The third kappa shape index (κ3) is 4.35.